The normalized spacial score (nSPS) is 18.4. The van der Waals surface area contributed by atoms with Crippen LogP contribution in [0.15, 0.2) is 23.9 Å². The minimum Gasteiger partial charge on any atom is -0.463 e. The molecule has 0 bridgehead atoms. The van der Waals surface area contributed by atoms with Gasteiger partial charge in [-0.25, -0.2) is 4.79 Å². The first-order valence-corrected chi connectivity index (χ1v) is 6.92. The van der Waals surface area contributed by atoms with E-state index < -0.39 is 0 Å². The van der Waals surface area contributed by atoms with Gasteiger partial charge in [-0.3, -0.25) is 0 Å². The van der Waals surface area contributed by atoms with Crippen molar-refractivity contribution in [3.8, 4) is 0 Å². The van der Waals surface area contributed by atoms with Gasteiger partial charge in [0.05, 0.1) is 6.61 Å². The highest BCUT2D eigenvalue weighted by Crippen LogP contribution is 2.21. The van der Waals surface area contributed by atoms with E-state index in [0.29, 0.717) is 12.5 Å². The molecule has 0 saturated carbocycles. The Balaban J connectivity index is 2.70. The molecule has 1 aliphatic heterocycles. The summed E-state index contributed by atoms with van der Waals surface area (Å²) >= 11 is 0. The monoisotopic (exact) mass is 251 g/mol. The summed E-state index contributed by atoms with van der Waals surface area (Å²) in [7, 11) is 0. The number of carbonyl (C=O) groups is 1. The highest BCUT2D eigenvalue weighted by molar-refractivity contribution is 5.82. The second kappa shape index (κ2) is 7.96. The molecule has 0 radical (unpaired) electrons. The van der Waals surface area contributed by atoms with Gasteiger partial charge in [0.15, 0.2) is 0 Å². The second-order valence-corrected chi connectivity index (χ2v) is 4.79. The number of ether oxygens (including phenoxy) is 1. The predicted octanol–water partition coefficient (Wildman–Crippen LogP) is 3.13. The number of allylic oxidation sites excluding steroid dienone is 3. The summed E-state index contributed by atoms with van der Waals surface area (Å²) < 4.78 is 5.01. The summed E-state index contributed by atoms with van der Waals surface area (Å²) in [5.41, 5.74) is 1.12. The summed E-state index contributed by atoms with van der Waals surface area (Å²) in [5.74, 6) is 0.239. The van der Waals surface area contributed by atoms with Gasteiger partial charge in [-0.2, -0.15) is 0 Å². The Kier molecular flexibility index (Phi) is 6.55. The molecule has 1 aliphatic rings. The average Bonchev–Trinajstić information content (AvgIpc) is 2.82. The standard InChI is InChI=1S/C15H25NO2/c1-4-8-13(3)11-14(12-15(17)18-5-2)16-9-6-7-10-16/h4,8,12-13H,5-7,9-11H2,1-3H3/t13-/m1/s1. The highest BCUT2D eigenvalue weighted by Gasteiger charge is 2.17. The van der Waals surface area contributed by atoms with Gasteiger partial charge < -0.3 is 9.64 Å². The summed E-state index contributed by atoms with van der Waals surface area (Å²) in [6.07, 6.45) is 9.26. The Bertz CT molecular complexity index is 314. The first-order chi connectivity index (χ1) is 8.67. The largest absolute Gasteiger partial charge is 0.463 e. The van der Waals surface area contributed by atoms with Crippen LogP contribution in [0.25, 0.3) is 0 Å². The second-order valence-electron chi connectivity index (χ2n) is 4.79. The van der Waals surface area contributed by atoms with Crippen molar-refractivity contribution >= 4 is 5.97 Å². The third-order valence-electron chi connectivity index (χ3n) is 3.14. The van der Waals surface area contributed by atoms with Crippen LogP contribution < -0.4 is 0 Å². The number of esters is 1. The molecule has 0 unspecified atom stereocenters. The lowest BCUT2D eigenvalue weighted by molar-refractivity contribution is -0.137. The van der Waals surface area contributed by atoms with Crippen LogP contribution in [0.2, 0.25) is 0 Å². The first-order valence-electron chi connectivity index (χ1n) is 6.92. The molecule has 0 aliphatic carbocycles. The van der Waals surface area contributed by atoms with Crippen molar-refractivity contribution < 1.29 is 9.53 Å². The highest BCUT2D eigenvalue weighted by atomic mass is 16.5. The van der Waals surface area contributed by atoms with E-state index >= 15 is 0 Å². The SMILES string of the molecule is CC=C[C@@H](C)CC(=CC(=O)OCC)N1CCCC1. The zero-order valence-electron chi connectivity index (χ0n) is 11.8. The fourth-order valence-electron chi connectivity index (χ4n) is 2.33. The summed E-state index contributed by atoms with van der Waals surface area (Å²) in [4.78, 5) is 13.9. The van der Waals surface area contributed by atoms with Gasteiger partial charge in [0.25, 0.3) is 0 Å². The van der Waals surface area contributed by atoms with Crippen LogP contribution in [0.5, 0.6) is 0 Å². The van der Waals surface area contributed by atoms with Gasteiger partial charge in [-0.05, 0) is 39.0 Å². The molecule has 0 spiro atoms. The smallest absolute Gasteiger partial charge is 0.332 e. The molecule has 18 heavy (non-hydrogen) atoms. The van der Waals surface area contributed by atoms with Crippen LogP contribution >= 0.6 is 0 Å². The molecule has 102 valence electrons. The van der Waals surface area contributed by atoms with E-state index in [1.165, 1.54) is 12.8 Å². The third-order valence-corrected chi connectivity index (χ3v) is 3.14. The van der Waals surface area contributed by atoms with Crippen molar-refractivity contribution in [2.45, 2.75) is 40.0 Å². The van der Waals surface area contributed by atoms with Crippen molar-refractivity contribution in [2.24, 2.45) is 5.92 Å². The fraction of sp³-hybridized carbons (Fsp3) is 0.667. The van der Waals surface area contributed by atoms with Crippen LogP contribution in [0, 0.1) is 5.92 Å². The molecule has 0 aromatic heterocycles. The lowest BCUT2D eigenvalue weighted by atomic mass is 10.0. The van der Waals surface area contributed by atoms with E-state index in [1.54, 1.807) is 6.08 Å². The molecule has 1 atom stereocenters. The summed E-state index contributed by atoms with van der Waals surface area (Å²) in [6, 6.07) is 0. The average molecular weight is 251 g/mol. The van der Waals surface area contributed by atoms with Gasteiger partial charge >= 0.3 is 5.97 Å². The molecular weight excluding hydrogens is 226 g/mol. The Morgan fingerprint density at radius 2 is 2.06 bits per heavy atom. The van der Waals surface area contributed by atoms with E-state index in [1.807, 2.05) is 13.8 Å². The topological polar surface area (TPSA) is 29.5 Å². The lowest BCUT2D eigenvalue weighted by Crippen LogP contribution is -2.21. The van der Waals surface area contributed by atoms with Crippen molar-refractivity contribution in [1.29, 1.82) is 0 Å². The molecule has 1 saturated heterocycles. The van der Waals surface area contributed by atoms with E-state index in [4.69, 9.17) is 4.74 Å². The molecule has 0 aromatic rings. The molecule has 3 heteroatoms. The van der Waals surface area contributed by atoms with Crippen molar-refractivity contribution in [2.75, 3.05) is 19.7 Å². The van der Waals surface area contributed by atoms with Gasteiger partial charge in [0.2, 0.25) is 0 Å². The minimum atomic E-state index is -0.216. The van der Waals surface area contributed by atoms with Crippen LogP contribution in [0.1, 0.15) is 40.0 Å². The molecule has 0 N–H and O–H groups in total. The van der Waals surface area contributed by atoms with E-state index in [0.717, 1.165) is 25.2 Å². The lowest BCUT2D eigenvalue weighted by Gasteiger charge is -2.23. The Morgan fingerprint density at radius 1 is 1.39 bits per heavy atom. The molecular formula is C15H25NO2. The van der Waals surface area contributed by atoms with Gasteiger partial charge in [0.1, 0.15) is 0 Å². The zero-order chi connectivity index (χ0) is 13.4. The molecule has 1 fully saturated rings. The molecule has 3 nitrogen and oxygen atoms in total. The van der Waals surface area contributed by atoms with E-state index in [2.05, 4.69) is 24.0 Å². The maximum absolute atomic E-state index is 11.6. The third kappa shape index (κ3) is 4.94. The van der Waals surface area contributed by atoms with Crippen molar-refractivity contribution in [1.82, 2.24) is 4.90 Å². The predicted molar refractivity (Wildman–Crippen MR) is 74.1 cm³/mol. The maximum atomic E-state index is 11.6. The van der Waals surface area contributed by atoms with Crippen LogP contribution in [0.3, 0.4) is 0 Å². The zero-order valence-corrected chi connectivity index (χ0v) is 11.8. The molecule has 1 heterocycles. The number of hydrogen-bond donors (Lipinski definition) is 0. The van der Waals surface area contributed by atoms with Crippen LogP contribution in [0.4, 0.5) is 0 Å². The number of nitrogens with zero attached hydrogens (tertiary/aromatic N) is 1. The Hall–Kier alpha value is -1.25. The minimum absolute atomic E-state index is 0.216. The summed E-state index contributed by atoms with van der Waals surface area (Å²) in [5, 5.41) is 0. The van der Waals surface area contributed by atoms with Gasteiger partial charge in [-0.1, -0.05) is 19.1 Å². The van der Waals surface area contributed by atoms with E-state index in [-0.39, 0.29) is 5.97 Å². The quantitative estimate of drug-likeness (QED) is 0.412. The summed E-state index contributed by atoms with van der Waals surface area (Å²) in [6.45, 7) is 8.61. The number of rotatable bonds is 6. The molecule has 0 aromatic carbocycles. The van der Waals surface area contributed by atoms with Crippen molar-refractivity contribution in [3.05, 3.63) is 23.9 Å². The Morgan fingerprint density at radius 3 is 2.61 bits per heavy atom. The molecule has 1 rings (SSSR count). The maximum Gasteiger partial charge on any atom is 0.332 e. The first kappa shape index (κ1) is 14.8. The van der Waals surface area contributed by atoms with Gasteiger partial charge in [0, 0.05) is 24.9 Å². The number of likely N-dealkylation sites (tertiary alicyclic amines) is 1. The number of carbonyl (C=O) groups excluding carboxylic acids is 1. The van der Waals surface area contributed by atoms with Crippen LogP contribution in [-0.2, 0) is 9.53 Å². The molecule has 0 amide bonds. The van der Waals surface area contributed by atoms with Crippen LogP contribution in [-0.4, -0.2) is 30.6 Å². The fourth-order valence-corrected chi connectivity index (χ4v) is 2.33. The Labute approximate surface area is 110 Å². The van der Waals surface area contributed by atoms with E-state index in [9.17, 15) is 4.79 Å². The van der Waals surface area contributed by atoms with Crippen molar-refractivity contribution in [3.63, 3.8) is 0 Å². The number of hydrogen-bond acceptors (Lipinski definition) is 3. The van der Waals surface area contributed by atoms with Gasteiger partial charge in [-0.15, -0.1) is 0 Å².